The van der Waals surface area contributed by atoms with E-state index in [2.05, 4.69) is 55.6 Å². The summed E-state index contributed by atoms with van der Waals surface area (Å²) in [5, 5.41) is 15.7. The molecule has 23 heavy (non-hydrogen) atoms. The second-order valence-corrected chi connectivity index (χ2v) is 6.97. The first-order valence-corrected chi connectivity index (χ1v) is 8.64. The number of aliphatic hydroxyl groups excluding tert-OH is 1. The van der Waals surface area contributed by atoms with Crippen LogP contribution in [0.5, 0.6) is 0 Å². The summed E-state index contributed by atoms with van der Waals surface area (Å²) in [6.45, 7) is 4.00. The summed E-state index contributed by atoms with van der Waals surface area (Å²) in [5.41, 5.74) is 3.22. The van der Waals surface area contributed by atoms with Gasteiger partial charge in [0.2, 0.25) is 5.95 Å². The minimum atomic E-state index is -0.0802. The van der Waals surface area contributed by atoms with Crippen molar-refractivity contribution < 1.29 is 5.11 Å². The quantitative estimate of drug-likeness (QED) is 0.711. The van der Waals surface area contributed by atoms with Gasteiger partial charge in [-0.3, -0.25) is 0 Å². The Hall–Kier alpha value is -1.66. The Morgan fingerprint density at radius 2 is 2.09 bits per heavy atom. The molecule has 1 fully saturated rings. The monoisotopic (exact) mass is 376 g/mol. The summed E-state index contributed by atoms with van der Waals surface area (Å²) in [6.07, 6.45) is 2.36. The number of nitrogens with one attached hydrogen (secondary N) is 2. The fourth-order valence-corrected chi connectivity index (χ4v) is 2.90. The molecule has 0 unspecified atom stereocenters. The Morgan fingerprint density at radius 1 is 1.30 bits per heavy atom. The van der Waals surface area contributed by atoms with Crippen molar-refractivity contribution >= 4 is 33.4 Å². The maximum Gasteiger partial charge on any atom is 0.225 e. The SMILES string of the molecule is Cc1ccc(Nc2cc(C3CC3)nc(N[C@H](C)CO)n2)c(Br)c1. The second kappa shape index (κ2) is 6.84. The molecule has 0 spiro atoms. The van der Waals surface area contributed by atoms with E-state index >= 15 is 0 Å². The van der Waals surface area contributed by atoms with E-state index in [9.17, 15) is 5.11 Å². The lowest BCUT2D eigenvalue weighted by molar-refractivity contribution is 0.281. The second-order valence-electron chi connectivity index (χ2n) is 6.11. The van der Waals surface area contributed by atoms with Gasteiger partial charge in [0.25, 0.3) is 0 Å². The highest BCUT2D eigenvalue weighted by molar-refractivity contribution is 9.10. The molecule has 122 valence electrons. The molecule has 0 bridgehead atoms. The number of halogens is 1. The van der Waals surface area contributed by atoms with Crippen molar-refractivity contribution in [2.75, 3.05) is 17.2 Å². The van der Waals surface area contributed by atoms with Crippen LogP contribution >= 0.6 is 15.9 Å². The van der Waals surface area contributed by atoms with Crippen LogP contribution in [-0.4, -0.2) is 27.7 Å². The Balaban J connectivity index is 1.87. The maximum atomic E-state index is 9.21. The summed E-state index contributed by atoms with van der Waals surface area (Å²) in [5.74, 6) is 1.85. The topological polar surface area (TPSA) is 70.1 Å². The number of anilines is 3. The molecular formula is C17H21BrN4O. The number of rotatable bonds is 6. The van der Waals surface area contributed by atoms with Gasteiger partial charge in [-0.15, -0.1) is 0 Å². The lowest BCUT2D eigenvalue weighted by Gasteiger charge is -2.14. The fraction of sp³-hybridized carbons (Fsp3) is 0.412. The van der Waals surface area contributed by atoms with Crippen LogP contribution in [0.2, 0.25) is 0 Å². The summed E-state index contributed by atoms with van der Waals surface area (Å²) in [7, 11) is 0. The van der Waals surface area contributed by atoms with Crippen LogP contribution in [0.1, 0.15) is 36.9 Å². The van der Waals surface area contributed by atoms with Crippen molar-refractivity contribution in [2.24, 2.45) is 0 Å². The molecule has 1 aliphatic rings. The summed E-state index contributed by atoms with van der Waals surface area (Å²) in [6, 6.07) is 8.09. The molecule has 0 radical (unpaired) electrons. The lowest BCUT2D eigenvalue weighted by atomic mass is 10.2. The van der Waals surface area contributed by atoms with Crippen LogP contribution in [0.4, 0.5) is 17.5 Å². The zero-order chi connectivity index (χ0) is 16.4. The van der Waals surface area contributed by atoms with Gasteiger partial charge in [-0.1, -0.05) is 6.07 Å². The van der Waals surface area contributed by atoms with E-state index in [1.54, 1.807) is 0 Å². The number of hydrogen-bond donors (Lipinski definition) is 3. The Kier molecular flexibility index (Phi) is 4.82. The number of aliphatic hydroxyl groups is 1. The minimum absolute atomic E-state index is 0.0449. The third kappa shape index (κ3) is 4.20. The molecule has 0 saturated heterocycles. The van der Waals surface area contributed by atoms with Crippen LogP contribution in [0.3, 0.4) is 0 Å². The molecule has 1 aromatic heterocycles. The van der Waals surface area contributed by atoms with Crippen LogP contribution in [0.25, 0.3) is 0 Å². The Morgan fingerprint density at radius 3 is 2.74 bits per heavy atom. The molecule has 3 N–H and O–H groups in total. The first kappa shape index (κ1) is 16.2. The van der Waals surface area contributed by atoms with Gasteiger partial charge in [0.1, 0.15) is 5.82 Å². The predicted molar refractivity (Wildman–Crippen MR) is 96.3 cm³/mol. The van der Waals surface area contributed by atoms with Gasteiger partial charge in [0.05, 0.1) is 18.0 Å². The molecule has 1 saturated carbocycles. The third-order valence-corrected chi connectivity index (χ3v) is 4.43. The van der Waals surface area contributed by atoms with Crippen LogP contribution in [0.15, 0.2) is 28.7 Å². The standard InChI is InChI=1S/C17H21BrN4O/c1-10-3-6-14(13(18)7-10)20-16-8-15(12-4-5-12)21-17(22-16)19-11(2)9-23/h3,6-8,11-12,23H,4-5,9H2,1-2H3,(H2,19,20,21,22)/t11-/m1/s1. The van der Waals surface area contributed by atoms with Crippen molar-refractivity contribution in [1.82, 2.24) is 9.97 Å². The summed E-state index contributed by atoms with van der Waals surface area (Å²) in [4.78, 5) is 9.10. The highest BCUT2D eigenvalue weighted by atomic mass is 79.9. The zero-order valence-corrected chi connectivity index (χ0v) is 14.9. The largest absolute Gasteiger partial charge is 0.394 e. The van der Waals surface area contributed by atoms with Crippen molar-refractivity contribution in [2.45, 2.75) is 38.6 Å². The third-order valence-electron chi connectivity index (χ3n) is 3.78. The van der Waals surface area contributed by atoms with Crippen LogP contribution in [0, 0.1) is 6.92 Å². The number of hydrogen-bond acceptors (Lipinski definition) is 5. The van der Waals surface area contributed by atoms with Crippen LogP contribution in [-0.2, 0) is 0 Å². The Labute approximate surface area is 144 Å². The first-order chi connectivity index (χ1) is 11.0. The van der Waals surface area contributed by atoms with Gasteiger partial charge < -0.3 is 15.7 Å². The highest BCUT2D eigenvalue weighted by Gasteiger charge is 2.26. The smallest absolute Gasteiger partial charge is 0.225 e. The van der Waals surface area contributed by atoms with E-state index in [-0.39, 0.29) is 12.6 Å². The molecule has 1 aliphatic carbocycles. The molecule has 6 heteroatoms. The van der Waals surface area contributed by atoms with E-state index in [4.69, 9.17) is 0 Å². The van der Waals surface area contributed by atoms with Crippen molar-refractivity contribution in [3.8, 4) is 0 Å². The lowest BCUT2D eigenvalue weighted by Crippen LogP contribution is -2.21. The number of aromatic nitrogens is 2. The number of nitrogens with zero attached hydrogens (tertiary/aromatic N) is 2. The van der Waals surface area contributed by atoms with E-state index in [0.29, 0.717) is 11.9 Å². The summed E-state index contributed by atoms with van der Waals surface area (Å²) < 4.78 is 1.00. The van der Waals surface area contributed by atoms with E-state index < -0.39 is 0 Å². The van der Waals surface area contributed by atoms with Gasteiger partial charge in [-0.05, 0) is 60.3 Å². The van der Waals surface area contributed by atoms with E-state index in [1.807, 2.05) is 19.1 Å². The Bertz CT molecular complexity index is 703. The van der Waals surface area contributed by atoms with Gasteiger partial charge in [-0.25, -0.2) is 4.98 Å². The minimum Gasteiger partial charge on any atom is -0.394 e. The van der Waals surface area contributed by atoms with Gasteiger partial charge in [0, 0.05) is 22.5 Å². The van der Waals surface area contributed by atoms with Gasteiger partial charge in [0.15, 0.2) is 0 Å². The average molecular weight is 377 g/mol. The molecule has 1 aromatic carbocycles. The summed E-state index contributed by atoms with van der Waals surface area (Å²) >= 11 is 3.58. The van der Waals surface area contributed by atoms with E-state index in [1.165, 1.54) is 18.4 Å². The normalized spacial score (nSPS) is 15.3. The molecule has 5 nitrogen and oxygen atoms in total. The van der Waals surface area contributed by atoms with Crippen molar-refractivity contribution in [3.63, 3.8) is 0 Å². The fourth-order valence-electron chi connectivity index (χ4n) is 2.31. The number of aryl methyl sites for hydroxylation is 1. The van der Waals surface area contributed by atoms with Crippen molar-refractivity contribution in [3.05, 3.63) is 40.0 Å². The predicted octanol–water partition coefficient (Wildman–Crippen LogP) is 3.96. The molecule has 3 rings (SSSR count). The highest BCUT2D eigenvalue weighted by Crippen LogP contribution is 2.40. The van der Waals surface area contributed by atoms with Crippen LogP contribution < -0.4 is 10.6 Å². The van der Waals surface area contributed by atoms with Crippen molar-refractivity contribution in [1.29, 1.82) is 0 Å². The molecule has 0 aliphatic heterocycles. The first-order valence-electron chi connectivity index (χ1n) is 7.84. The maximum absolute atomic E-state index is 9.21. The number of benzene rings is 1. The molecule has 1 heterocycles. The zero-order valence-electron chi connectivity index (χ0n) is 13.3. The van der Waals surface area contributed by atoms with Gasteiger partial charge >= 0.3 is 0 Å². The van der Waals surface area contributed by atoms with Gasteiger partial charge in [-0.2, -0.15) is 4.98 Å². The molecular weight excluding hydrogens is 356 g/mol. The van der Waals surface area contributed by atoms with E-state index in [0.717, 1.165) is 21.7 Å². The molecule has 0 amide bonds. The average Bonchev–Trinajstić information content (AvgIpc) is 3.34. The molecule has 1 atom stereocenters. The molecule has 2 aromatic rings.